The highest BCUT2D eigenvalue weighted by molar-refractivity contribution is 5.77. The van der Waals surface area contributed by atoms with Crippen molar-refractivity contribution in [3.63, 3.8) is 0 Å². The highest BCUT2D eigenvalue weighted by Crippen LogP contribution is 2.58. The third-order valence-corrected chi connectivity index (χ3v) is 7.98. The van der Waals surface area contributed by atoms with Crippen LogP contribution in [0.4, 0.5) is 0 Å². The second-order valence-corrected chi connectivity index (χ2v) is 10.2. The number of benzene rings is 3. The first-order chi connectivity index (χ1) is 20.0. The predicted molar refractivity (Wildman–Crippen MR) is 151 cm³/mol. The summed E-state index contributed by atoms with van der Waals surface area (Å²) in [7, 11) is 4.52. The van der Waals surface area contributed by atoms with Gasteiger partial charge in [-0.2, -0.15) is 0 Å². The molecule has 3 aromatic rings. The van der Waals surface area contributed by atoms with Crippen LogP contribution in [0.1, 0.15) is 41.7 Å². The summed E-state index contributed by atoms with van der Waals surface area (Å²) in [4.78, 5) is 26.7. The number of hydrogen-bond acceptors (Lipinski definition) is 8. The summed E-state index contributed by atoms with van der Waals surface area (Å²) in [6.45, 7) is -0.113. The Kier molecular flexibility index (Phi) is 8.42. The Labute approximate surface area is 239 Å². The van der Waals surface area contributed by atoms with Crippen LogP contribution in [-0.2, 0) is 34.0 Å². The molecule has 0 spiro atoms. The molecule has 1 heterocycles. The number of hydrogen-bond donors (Lipinski definition) is 0. The van der Waals surface area contributed by atoms with Crippen LogP contribution >= 0.6 is 0 Å². The molecule has 2 aliphatic rings. The van der Waals surface area contributed by atoms with E-state index in [1.807, 2.05) is 91.0 Å². The van der Waals surface area contributed by atoms with Gasteiger partial charge in [0, 0.05) is 26.2 Å². The van der Waals surface area contributed by atoms with Crippen molar-refractivity contribution < 1.29 is 38.0 Å². The molecule has 0 amide bonds. The van der Waals surface area contributed by atoms with Crippen molar-refractivity contribution in [3.05, 3.63) is 108 Å². The minimum Gasteiger partial charge on any atom is -0.493 e. The molecule has 41 heavy (non-hydrogen) atoms. The van der Waals surface area contributed by atoms with E-state index in [9.17, 15) is 9.59 Å². The summed E-state index contributed by atoms with van der Waals surface area (Å²) >= 11 is 0. The maximum absolute atomic E-state index is 13.4. The van der Waals surface area contributed by atoms with E-state index in [1.165, 1.54) is 14.2 Å². The van der Waals surface area contributed by atoms with Crippen LogP contribution in [0.3, 0.4) is 0 Å². The average Bonchev–Trinajstić information content (AvgIpc) is 3.31. The lowest BCUT2D eigenvalue weighted by Gasteiger charge is -2.45. The molecule has 1 aliphatic carbocycles. The third kappa shape index (κ3) is 5.21. The zero-order valence-corrected chi connectivity index (χ0v) is 23.4. The molecule has 214 valence electrons. The molecule has 5 rings (SSSR count). The Morgan fingerprint density at radius 3 is 1.85 bits per heavy atom. The second-order valence-electron chi connectivity index (χ2n) is 10.2. The van der Waals surface area contributed by atoms with Crippen molar-refractivity contribution in [2.24, 2.45) is 0 Å². The topological polar surface area (TPSA) is 89.5 Å². The molecule has 8 heteroatoms. The van der Waals surface area contributed by atoms with Crippen molar-refractivity contribution in [1.29, 1.82) is 0 Å². The van der Waals surface area contributed by atoms with E-state index in [-0.39, 0.29) is 13.2 Å². The van der Waals surface area contributed by atoms with Gasteiger partial charge in [0.15, 0.2) is 29.3 Å². The number of fused-ring (bicyclic) bond motifs is 3. The van der Waals surface area contributed by atoms with E-state index < -0.39 is 35.2 Å². The summed E-state index contributed by atoms with van der Waals surface area (Å²) < 4.78 is 35.3. The number of allylic oxidation sites excluding steroid dienone is 1. The average molecular weight is 559 g/mol. The van der Waals surface area contributed by atoms with E-state index in [4.69, 9.17) is 28.4 Å². The number of esters is 2. The first kappa shape index (κ1) is 28.4. The standard InChI is InChI=1S/C33H34O8/c1-36-26-18-12-17-25-29(26)41-33(22-40-31(35)28(38-3)24-15-8-5-9-16-24)20-11-10-19-32(25,33)21-39-30(34)27(37-2)23-13-6-4-7-14-23/h4-18,27-28H,19-22H2,1-3H3/t27-,28-,32-,33-/m0/s1. The molecule has 1 aliphatic heterocycles. The van der Waals surface area contributed by atoms with Crippen LogP contribution in [-0.4, -0.2) is 52.1 Å². The van der Waals surface area contributed by atoms with Gasteiger partial charge in [0.05, 0.1) is 12.5 Å². The SMILES string of the molecule is COc1cccc2c1O[C@]1(COC(=O)[C@@H](OC)c3ccccc3)CC=CC[C@]21COC(=O)[C@@H](OC)c1ccccc1. The van der Waals surface area contributed by atoms with Crippen molar-refractivity contribution >= 4 is 11.9 Å². The summed E-state index contributed by atoms with van der Waals surface area (Å²) in [6, 6.07) is 24.0. The number of methoxy groups -OCH3 is 3. The van der Waals surface area contributed by atoms with E-state index in [0.29, 0.717) is 35.5 Å². The number of ether oxygens (including phenoxy) is 6. The molecule has 0 unspecified atom stereocenters. The molecule has 0 saturated carbocycles. The Morgan fingerprint density at radius 2 is 1.29 bits per heavy atom. The molecular formula is C33H34O8. The van der Waals surface area contributed by atoms with E-state index >= 15 is 0 Å². The van der Waals surface area contributed by atoms with Gasteiger partial charge in [-0.3, -0.25) is 0 Å². The smallest absolute Gasteiger partial charge is 0.340 e. The molecule has 0 saturated heterocycles. The third-order valence-electron chi connectivity index (χ3n) is 7.98. The van der Waals surface area contributed by atoms with Crippen LogP contribution in [0, 0.1) is 0 Å². The lowest BCUT2D eigenvalue weighted by Crippen LogP contribution is -2.58. The number of carbonyl (C=O) groups is 2. The van der Waals surface area contributed by atoms with E-state index in [2.05, 4.69) is 0 Å². The normalized spacial score (nSPS) is 22.0. The Balaban J connectivity index is 1.46. The number of carbonyl (C=O) groups excluding carboxylic acids is 2. The van der Waals surface area contributed by atoms with Gasteiger partial charge in [-0.15, -0.1) is 0 Å². The molecule has 0 N–H and O–H groups in total. The van der Waals surface area contributed by atoms with Crippen LogP contribution < -0.4 is 9.47 Å². The lowest BCUT2D eigenvalue weighted by molar-refractivity contribution is -0.171. The van der Waals surface area contributed by atoms with Gasteiger partial charge >= 0.3 is 11.9 Å². The maximum Gasteiger partial charge on any atom is 0.340 e. The van der Waals surface area contributed by atoms with Crippen LogP contribution in [0.15, 0.2) is 91.0 Å². The van der Waals surface area contributed by atoms with E-state index in [1.54, 1.807) is 7.11 Å². The summed E-state index contributed by atoms with van der Waals surface area (Å²) in [5.41, 5.74) is 0.290. The Bertz CT molecular complexity index is 1390. The fourth-order valence-electron chi connectivity index (χ4n) is 5.81. The molecule has 0 fully saturated rings. The molecule has 0 radical (unpaired) electrons. The molecule has 0 bridgehead atoms. The van der Waals surface area contributed by atoms with Gasteiger partial charge in [-0.05, 0) is 23.6 Å². The van der Waals surface area contributed by atoms with Gasteiger partial charge in [0.1, 0.15) is 13.2 Å². The highest BCUT2D eigenvalue weighted by Gasteiger charge is 2.62. The highest BCUT2D eigenvalue weighted by atomic mass is 16.6. The van der Waals surface area contributed by atoms with Crippen molar-refractivity contribution in [1.82, 2.24) is 0 Å². The quantitative estimate of drug-likeness (QED) is 0.232. The van der Waals surface area contributed by atoms with Crippen LogP contribution in [0.2, 0.25) is 0 Å². The Morgan fingerprint density at radius 1 is 0.732 bits per heavy atom. The molecule has 4 atom stereocenters. The van der Waals surface area contributed by atoms with E-state index in [0.717, 1.165) is 5.56 Å². The maximum atomic E-state index is 13.4. The molecule has 0 aromatic heterocycles. The summed E-state index contributed by atoms with van der Waals surface area (Å²) in [5, 5.41) is 0. The fourth-order valence-corrected chi connectivity index (χ4v) is 5.81. The molecular weight excluding hydrogens is 524 g/mol. The Hall–Kier alpha value is -4.14. The van der Waals surface area contributed by atoms with Gasteiger partial charge in [-0.25, -0.2) is 9.59 Å². The lowest BCUT2D eigenvalue weighted by atomic mass is 9.63. The van der Waals surface area contributed by atoms with Crippen LogP contribution in [0.5, 0.6) is 11.5 Å². The van der Waals surface area contributed by atoms with Crippen molar-refractivity contribution in [3.8, 4) is 11.5 Å². The fraction of sp³-hybridized carbons (Fsp3) is 0.333. The monoisotopic (exact) mass is 558 g/mol. The van der Waals surface area contributed by atoms with Gasteiger partial charge in [0.25, 0.3) is 0 Å². The van der Waals surface area contributed by atoms with Crippen molar-refractivity contribution in [2.75, 3.05) is 34.5 Å². The van der Waals surface area contributed by atoms with Gasteiger partial charge in [0.2, 0.25) is 0 Å². The first-order valence-corrected chi connectivity index (χ1v) is 13.5. The summed E-state index contributed by atoms with van der Waals surface area (Å²) in [5.74, 6) is 0.0341. The zero-order chi connectivity index (χ0) is 28.9. The first-order valence-electron chi connectivity index (χ1n) is 13.5. The molecule has 3 aromatic carbocycles. The minimum absolute atomic E-state index is 0.0209. The van der Waals surface area contributed by atoms with Gasteiger partial charge < -0.3 is 28.4 Å². The second kappa shape index (κ2) is 12.2. The minimum atomic E-state index is -1.06. The molecule has 8 nitrogen and oxygen atoms in total. The van der Waals surface area contributed by atoms with Gasteiger partial charge in [-0.1, -0.05) is 84.9 Å². The van der Waals surface area contributed by atoms with Crippen LogP contribution in [0.25, 0.3) is 0 Å². The number of para-hydroxylation sites is 1. The predicted octanol–water partition coefficient (Wildman–Crippen LogP) is 5.28. The number of rotatable bonds is 11. The summed E-state index contributed by atoms with van der Waals surface area (Å²) in [6.07, 6.45) is 3.17. The zero-order valence-electron chi connectivity index (χ0n) is 23.4. The van der Waals surface area contributed by atoms with Crippen molar-refractivity contribution in [2.45, 2.75) is 36.1 Å². The largest absolute Gasteiger partial charge is 0.493 e.